The van der Waals surface area contributed by atoms with Crippen LogP contribution in [0.25, 0.3) is 11.0 Å². The van der Waals surface area contributed by atoms with Gasteiger partial charge in [-0.2, -0.15) is 0 Å². The minimum atomic E-state index is -0.234. The number of carbonyl (C=O) groups is 2. The predicted octanol–water partition coefficient (Wildman–Crippen LogP) is 2.95. The normalized spacial score (nSPS) is 21.9. The fourth-order valence-corrected chi connectivity index (χ4v) is 4.65. The summed E-state index contributed by atoms with van der Waals surface area (Å²) in [5, 5.41) is 1.50. The molecule has 0 saturated carbocycles. The van der Waals surface area contributed by atoms with E-state index in [-0.39, 0.29) is 17.9 Å². The molecule has 2 aliphatic rings. The molecule has 1 aromatic carbocycles. The fraction of sp³-hybridized carbons (Fsp3) is 0.500. The summed E-state index contributed by atoms with van der Waals surface area (Å²) < 4.78 is 5.82. The predicted molar refractivity (Wildman–Crippen MR) is 104 cm³/mol. The van der Waals surface area contributed by atoms with Gasteiger partial charge >= 0.3 is 0 Å². The number of hydrogen-bond donors (Lipinski definition) is 1. The number of piperidine rings is 1. The maximum absolute atomic E-state index is 13.0. The van der Waals surface area contributed by atoms with Crippen LogP contribution in [0.4, 0.5) is 0 Å². The highest BCUT2D eigenvalue weighted by Crippen LogP contribution is 2.30. The maximum atomic E-state index is 13.0. The van der Waals surface area contributed by atoms with E-state index in [1.807, 2.05) is 17.9 Å². The maximum Gasteiger partial charge on any atom is 0.289 e. The van der Waals surface area contributed by atoms with Crippen molar-refractivity contribution in [1.82, 2.24) is 9.80 Å². The molecule has 1 atom stereocenters. The topological polar surface area (TPSA) is 79.8 Å². The summed E-state index contributed by atoms with van der Waals surface area (Å²) >= 11 is 6.07. The largest absolute Gasteiger partial charge is 0.451 e. The molecular formula is C20H24ClN3O3. The van der Waals surface area contributed by atoms with Crippen LogP contribution < -0.4 is 5.73 Å². The summed E-state index contributed by atoms with van der Waals surface area (Å²) in [6, 6.07) is 5.54. The van der Waals surface area contributed by atoms with Gasteiger partial charge in [0.1, 0.15) is 5.58 Å². The number of halogens is 1. The number of aryl methyl sites for hydroxylation is 1. The molecule has 4 rings (SSSR count). The van der Waals surface area contributed by atoms with Crippen molar-refractivity contribution in [1.29, 1.82) is 0 Å². The van der Waals surface area contributed by atoms with Crippen LogP contribution in [0.2, 0.25) is 5.02 Å². The molecule has 27 heavy (non-hydrogen) atoms. The number of rotatable bonds is 3. The first-order valence-corrected chi connectivity index (χ1v) is 9.86. The highest BCUT2D eigenvalue weighted by molar-refractivity contribution is 6.31. The number of hydrogen-bond acceptors (Lipinski definition) is 4. The molecule has 2 saturated heterocycles. The molecule has 144 valence electrons. The molecule has 2 fully saturated rings. The van der Waals surface area contributed by atoms with Gasteiger partial charge in [0.15, 0.2) is 5.76 Å². The van der Waals surface area contributed by atoms with Gasteiger partial charge in [0.05, 0.1) is 6.04 Å². The minimum Gasteiger partial charge on any atom is -0.451 e. The molecule has 0 radical (unpaired) electrons. The molecule has 2 aromatic rings. The molecule has 0 spiro atoms. The molecule has 3 heterocycles. The summed E-state index contributed by atoms with van der Waals surface area (Å²) in [6.45, 7) is 4.12. The molecule has 2 aliphatic heterocycles. The van der Waals surface area contributed by atoms with Crippen molar-refractivity contribution in [3.8, 4) is 0 Å². The first-order chi connectivity index (χ1) is 13.0. The van der Waals surface area contributed by atoms with Crippen LogP contribution >= 0.6 is 11.6 Å². The highest BCUT2D eigenvalue weighted by Gasteiger charge is 2.37. The Hall–Kier alpha value is -2.05. The van der Waals surface area contributed by atoms with E-state index in [0.717, 1.165) is 43.2 Å². The van der Waals surface area contributed by atoms with Crippen molar-refractivity contribution in [3.63, 3.8) is 0 Å². The van der Waals surface area contributed by atoms with Gasteiger partial charge in [-0.1, -0.05) is 11.6 Å². The lowest BCUT2D eigenvalue weighted by atomic mass is 10.0. The third kappa shape index (κ3) is 3.32. The molecule has 2 amide bonds. The van der Waals surface area contributed by atoms with Crippen LogP contribution in [0, 0.1) is 6.92 Å². The van der Waals surface area contributed by atoms with Gasteiger partial charge < -0.3 is 15.1 Å². The molecule has 0 bridgehead atoms. The second-order valence-corrected chi connectivity index (χ2v) is 7.95. The number of amides is 2. The van der Waals surface area contributed by atoms with Crippen LogP contribution in [-0.2, 0) is 4.79 Å². The zero-order chi connectivity index (χ0) is 19.1. The summed E-state index contributed by atoms with van der Waals surface area (Å²) in [5.74, 6) is 0.0793. The van der Waals surface area contributed by atoms with E-state index >= 15 is 0 Å². The second kappa shape index (κ2) is 7.17. The lowest BCUT2D eigenvalue weighted by Crippen LogP contribution is -2.51. The Labute approximate surface area is 163 Å². The Bertz CT molecular complexity index is 886. The molecule has 2 N–H and O–H groups in total. The average molecular weight is 390 g/mol. The number of benzene rings is 1. The van der Waals surface area contributed by atoms with Gasteiger partial charge in [-0.25, -0.2) is 0 Å². The number of nitrogens with zero attached hydrogens (tertiary/aromatic N) is 2. The van der Waals surface area contributed by atoms with Gasteiger partial charge in [0, 0.05) is 35.1 Å². The smallest absolute Gasteiger partial charge is 0.289 e. The summed E-state index contributed by atoms with van der Waals surface area (Å²) in [7, 11) is 0. The Morgan fingerprint density at radius 2 is 1.93 bits per heavy atom. The van der Waals surface area contributed by atoms with Crippen LogP contribution in [0.5, 0.6) is 0 Å². The van der Waals surface area contributed by atoms with E-state index in [9.17, 15) is 9.59 Å². The third-order valence-corrected chi connectivity index (χ3v) is 6.17. The number of fused-ring (bicyclic) bond motifs is 1. The van der Waals surface area contributed by atoms with Crippen LogP contribution in [-0.4, -0.2) is 53.3 Å². The Balaban J connectivity index is 1.46. The average Bonchev–Trinajstić information content (AvgIpc) is 3.27. The zero-order valence-electron chi connectivity index (χ0n) is 15.4. The third-order valence-electron chi connectivity index (χ3n) is 5.94. The number of carbonyl (C=O) groups excluding carboxylic acids is 2. The van der Waals surface area contributed by atoms with Crippen molar-refractivity contribution < 1.29 is 14.0 Å². The van der Waals surface area contributed by atoms with E-state index in [2.05, 4.69) is 4.90 Å². The van der Waals surface area contributed by atoms with Gasteiger partial charge in [-0.3, -0.25) is 14.5 Å². The van der Waals surface area contributed by atoms with Crippen LogP contribution in [0.15, 0.2) is 22.6 Å². The zero-order valence-corrected chi connectivity index (χ0v) is 16.2. The standard InChI is InChI=1S/C20H24ClN3O3/c1-12-15-11-13(21)4-5-17(15)27-18(12)20(26)23-9-6-14(7-10-23)24-8-2-3-16(24)19(22)25/h4-5,11,14,16H,2-3,6-10H2,1H3,(H2,22,25)/t16-/m0/s1. The first-order valence-electron chi connectivity index (χ1n) is 9.48. The van der Waals surface area contributed by atoms with Crippen molar-refractivity contribution in [2.24, 2.45) is 5.73 Å². The van der Waals surface area contributed by atoms with Gasteiger partial charge in [0.25, 0.3) is 5.91 Å². The Kier molecular flexibility index (Phi) is 4.86. The number of primary amides is 1. The first kappa shape index (κ1) is 18.3. The fourth-order valence-electron chi connectivity index (χ4n) is 4.47. The molecule has 7 heteroatoms. The lowest BCUT2D eigenvalue weighted by molar-refractivity contribution is -0.123. The van der Waals surface area contributed by atoms with Crippen molar-refractivity contribution in [2.45, 2.75) is 44.7 Å². The summed E-state index contributed by atoms with van der Waals surface area (Å²) in [6.07, 6.45) is 3.55. The van der Waals surface area contributed by atoms with Crippen LogP contribution in [0.3, 0.4) is 0 Å². The van der Waals surface area contributed by atoms with E-state index in [1.54, 1.807) is 12.1 Å². The van der Waals surface area contributed by atoms with E-state index in [1.165, 1.54) is 0 Å². The number of furan rings is 1. The van der Waals surface area contributed by atoms with Crippen molar-refractivity contribution in [3.05, 3.63) is 34.5 Å². The Morgan fingerprint density at radius 1 is 1.19 bits per heavy atom. The molecule has 1 aromatic heterocycles. The monoisotopic (exact) mass is 389 g/mol. The number of likely N-dealkylation sites (tertiary alicyclic amines) is 2. The number of nitrogens with two attached hydrogens (primary N) is 1. The molecular weight excluding hydrogens is 366 g/mol. The Morgan fingerprint density at radius 3 is 2.63 bits per heavy atom. The van der Waals surface area contributed by atoms with E-state index in [0.29, 0.717) is 35.5 Å². The lowest BCUT2D eigenvalue weighted by Gasteiger charge is -2.38. The van der Waals surface area contributed by atoms with Gasteiger partial charge in [0.2, 0.25) is 5.91 Å². The SMILES string of the molecule is Cc1c(C(=O)N2CCC(N3CCC[C@H]3C(N)=O)CC2)oc2ccc(Cl)cc12. The van der Waals surface area contributed by atoms with E-state index < -0.39 is 0 Å². The van der Waals surface area contributed by atoms with Gasteiger partial charge in [-0.15, -0.1) is 0 Å². The highest BCUT2D eigenvalue weighted by atomic mass is 35.5. The summed E-state index contributed by atoms with van der Waals surface area (Å²) in [4.78, 5) is 28.7. The van der Waals surface area contributed by atoms with Gasteiger partial charge in [-0.05, 0) is 57.4 Å². The summed E-state index contributed by atoms with van der Waals surface area (Å²) in [5.41, 5.74) is 7.05. The second-order valence-electron chi connectivity index (χ2n) is 7.52. The van der Waals surface area contributed by atoms with Crippen molar-refractivity contribution >= 4 is 34.4 Å². The van der Waals surface area contributed by atoms with Crippen molar-refractivity contribution in [2.75, 3.05) is 19.6 Å². The quantitative estimate of drug-likeness (QED) is 0.875. The molecule has 0 aliphatic carbocycles. The minimum absolute atomic E-state index is 0.0776. The van der Waals surface area contributed by atoms with E-state index in [4.69, 9.17) is 21.8 Å². The molecule has 6 nitrogen and oxygen atoms in total. The molecule has 0 unspecified atom stereocenters. The van der Waals surface area contributed by atoms with Crippen LogP contribution in [0.1, 0.15) is 41.8 Å².